The zero-order chi connectivity index (χ0) is 23.0. The average Bonchev–Trinajstić information content (AvgIpc) is 2.77. The van der Waals surface area contributed by atoms with Crippen LogP contribution in [0.5, 0.6) is 5.75 Å². The molecule has 1 radical (unpaired) electrons. The summed E-state index contributed by atoms with van der Waals surface area (Å²) in [5.74, 6) is -1.99. The molecule has 0 aliphatic carbocycles. The van der Waals surface area contributed by atoms with E-state index in [0.29, 0.717) is 16.2 Å². The highest BCUT2D eigenvalue weighted by atomic mass is 16.6. The van der Waals surface area contributed by atoms with Crippen LogP contribution in [0.15, 0.2) is 54.6 Å². The molecule has 0 aliphatic rings. The quantitative estimate of drug-likeness (QED) is 0.620. The third kappa shape index (κ3) is 5.46. The lowest BCUT2D eigenvalue weighted by atomic mass is 9.85. The lowest BCUT2D eigenvalue weighted by Gasteiger charge is -2.37. The molecular weight excluding hydrogens is 404 g/mol. The van der Waals surface area contributed by atoms with Crippen molar-refractivity contribution in [3.8, 4) is 5.75 Å². The fourth-order valence-electron chi connectivity index (χ4n) is 2.96. The second-order valence-electron chi connectivity index (χ2n) is 6.76. The third-order valence-corrected chi connectivity index (χ3v) is 4.52. The van der Waals surface area contributed by atoms with Gasteiger partial charge in [-0.15, -0.1) is 0 Å². The van der Waals surface area contributed by atoms with Gasteiger partial charge in [0.1, 0.15) is 12.4 Å². The normalized spacial score (nSPS) is 13.4. The predicted octanol–water partition coefficient (Wildman–Crippen LogP) is 1.99. The van der Waals surface area contributed by atoms with E-state index in [9.17, 15) is 24.3 Å². The van der Waals surface area contributed by atoms with Crippen LogP contribution in [0.25, 0.3) is 0 Å². The zero-order valence-electron chi connectivity index (χ0n) is 17.1. The van der Waals surface area contributed by atoms with Gasteiger partial charge in [-0.05, 0) is 30.2 Å². The Kier molecular flexibility index (Phi) is 7.87. The first-order valence-corrected chi connectivity index (χ1v) is 9.31. The van der Waals surface area contributed by atoms with E-state index < -0.39 is 36.0 Å². The van der Waals surface area contributed by atoms with Crippen molar-refractivity contribution in [1.82, 2.24) is 4.90 Å². The predicted molar refractivity (Wildman–Crippen MR) is 110 cm³/mol. The van der Waals surface area contributed by atoms with Crippen molar-refractivity contribution < 1.29 is 33.8 Å². The fraction of sp³-hybridized carbons (Fsp3) is 0.273. The summed E-state index contributed by atoms with van der Waals surface area (Å²) in [6.45, 7) is 1.11. The summed E-state index contributed by atoms with van der Waals surface area (Å²) in [5, 5.41) is 9.48. The second-order valence-corrected chi connectivity index (χ2v) is 6.76. The zero-order valence-corrected chi connectivity index (χ0v) is 17.1. The summed E-state index contributed by atoms with van der Waals surface area (Å²) in [6.07, 6.45) is -0.552. The summed E-state index contributed by atoms with van der Waals surface area (Å²) in [6, 6.07) is 13.1. The number of carboxylic acids is 1. The molecule has 0 aromatic heterocycles. The molecule has 0 heterocycles. The molecule has 9 heteroatoms. The second kappa shape index (κ2) is 10.4. The maximum absolute atomic E-state index is 13.0. The number of nitrogens with zero attached hydrogens (tertiary/aromatic N) is 1. The molecular formula is C22H23N2O7. The first-order chi connectivity index (χ1) is 14.7. The topological polar surface area (TPSA) is 136 Å². The van der Waals surface area contributed by atoms with Crippen LogP contribution in [0.2, 0.25) is 0 Å². The van der Waals surface area contributed by atoms with Gasteiger partial charge in [-0.2, -0.15) is 0 Å². The summed E-state index contributed by atoms with van der Waals surface area (Å²) in [4.78, 5) is 50.1. The van der Waals surface area contributed by atoms with E-state index in [2.05, 4.69) is 0 Å². The van der Waals surface area contributed by atoms with E-state index in [1.165, 1.54) is 38.3 Å². The van der Waals surface area contributed by atoms with Crippen LogP contribution in [0.1, 0.15) is 24.5 Å². The van der Waals surface area contributed by atoms with Crippen LogP contribution in [-0.2, 0) is 31.3 Å². The summed E-state index contributed by atoms with van der Waals surface area (Å²) in [7, 11) is 1.43. The van der Waals surface area contributed by atoms with Crippen LogP contribution < -0.4 is 10.5 Å². The number of ether oxygens (including phenoxy) is 2. The molecule has 2 amide bonds. The van der Waals surface area contributed by atoms with E-state index in [4.69, 9.17) is 15.2 Å². The van der Waals surface area contributed by atoms with Gasteiger partial charge >= 0.3 is 12.1 Å². The monoisotopic (exact) mass is 427 g/mol. The molecule has 0 bridgehead atoms. The minimum atomic E-state index is -2.30. The number of methoxy groups -OCH3 is 1. The molecule has 2 rings (SSSR count). The van der Waals surface area contributed by atoms with E-state index in [1.54, 1.807) is 36.6 Å². The highest BCUT2D eigenvalue weighted by Gasteiger charge is 2.49. The molecule has 2 atom stereocenters. The van der Waals surface area contributed by atoms with Gasteiger partial charge in [0.2, 0.25) is 12.2 Å². The Morgan fingerprint density at radius 1 is 1.13 bits per heavy atom. The molecule has 0 fully saturated rings. The Morgan fingerprint density at radius 2 is 1.74 bits per heavy atom. The molecule has 3 N–H and O–H groups in total. The standard InChI is InChI=1S/C22H23N2O7/c1-15(23)20(28)24(21(29)31-13-16-6-4-3-5-7-16)22(14-25,12-19(26)27)17-8-10-18(30-2)11-9-17/h3-11,15H,12-13,23H2,1-2H3,(H,26,27)/t15-,22-/m0/s1. The van der Waals surface area contributed by atoms with Crippen molar-refractivity contribution in [2.75, 3.05) is 7.11 Å². The highest BCUT2D eigenvalue weighted by molar-refractivity contribution is 6.00. The first kappa shape index (κ1) is 23.6. The lowest BCUT2D eigenvalue weighted by molar-refractivity contribution is -0.142. The van der Waals surface area contributed by atoms with E-state index >= 15 is 0 Å². The van der Waals surface area contributed by atoms with E-state index in [0.717, 1.165) is 0 Å². The fourth-order valence-corrected chi connectivity index (χ4v) is 2.96. The number of rotatable bonds is 9. The van der Waals surface area contributed by atoms with Crippen molar-refractivity contribution in [2.24, 2.45) is 5.73 Å². The van der Waals surface area contributed by atoms with Crippen LogP contribution in [0, 0.1) is 0 Å². The molecule has 31 heavy (non-hydrogen) atoms. The van der Waals surface area contributed by atoms with Gasteiger partial charge in [0.15, 0.2) is 5.54 Å². The SMILES string of the molecule is COc1ccc([C@@]([C]=O)(CC(=O)O)N(C(=O)OCc2ccccc2)C(=O)[C@H](C)N)cc1. The van der Waals surface area contributed by atoms with E-state index in [-0.39, 0.29) is 12.2 Å². The smallest absolute Gasteiger partial charge is 0.418 e. The molecule has 0 saturated carbocycles. The van der Waals surface area contributed by atoms with Crippen LogP contribution >= 0.6 is 0 Å². The van der Waals surface area contributed by atoms with Gasteiger partial charge < -0.3 is 20.3 Å². The summed E-state index contributed by atoms with van der Waals surface area (Å²) < 4.78 is 10.3. The average molecular weight is 427 g/mol. The van der Waals surface area contributed by atoms with Gasteiger partial charge in [-0.3, -0.25) is 14.4 Å². The molecule has 163 valence electrons. The molecule has 0 saturated heterocycles. The molecule has 0 spiro atoms. The van der Waals surface area contributed by atoms with Gasteiger partial charge in [0.25, 0.3) is 0 Å². The third-order valence-electron chi connectivity index (χ3n) is 4.52. The Labute approximate surface area is 179 Å². The number of nitrogens with two attached hydrogens (primary N) is 1. The Hall–Kier alpha value is -3.72. The minimum Gasteiger partial charge on any atom is -0.497 e. The number of hydrogen-bond donors (Lipinski definition) is 2. The Bertz CT molecular complexity index is 929. The first-order valence-electron chi connectivity index (χ1n) is 9.31. The van der Waals surface area contributed by atoms with Gasteiger partial charge in [0.05, 0.1) is 19.6 Å². The number of amides is 2. The number of hydrogen-bond acceptors (Lipinski definition) is 7. The maximum Gasteiger partial charge on any atom is 0.418 e. The lowest BCUT2D eigenvalue weighted by Crippen LogP contribution is -2.58. The minimum absolute atomic E-state index is 0.0383. The van der Waals surface area contributed by atoms with Crippen LogP contribution in [-0.4, -0.2) is 47.4 Å². The number of carbonyl (C=O) groups excluding carboxylic acids is 3. The van der Waals surface area contributed by atoms with Gasteiger partial charge in [-0.25, -0.2) is 9.69 Å². The van der Waals surface area contributed by atoms with Crippen molar-refractivity contribution in [2.45, 2.75) is 31.5 Å². The summed E-state index contributed by atoms with van der Waals surface area (Å²) in [5.41, 5.74) is 4.07. The van der Waals surface area contributed by atoms with Crippen molar-refractivity contribution in [3.63, 3.8) is 0 Å². The largest absolute Gasteiger partial charge is 0.497 e. The molecule has 0 aliphatic heterocycles. The molecule has 2 aromatic carbocycles. The number of benzene rings is 2. The van der Waals surface area contributed by atoms with Gasteiger partial charge in [-0.1, -0.05) is 42.5 Å². The van der Waals surface area contributed by atoms with E-state index in [1.807, 2.05) is 0 Å². The van der Waals surface area contributed by atoms with Crippen LogP contribution in [0.4, 0.5) is 4.79 Å². The van der Waals surface area contributed by atoms with Gasteiger partial charge in [0, 0.05) is 0 Å². The van der Waals surface area contributed by atoms with Crippen molar-refractivity contribution >= 4 is 24.3 Å². The summed E-state index contributed by atoms with van der Waals surface area (Å²) >= 11 is 0. The number of aliphatic carboxylic acids is 1. The molecule has 9 nitrogen and oxygen atoms in total. The Balaban J connectivity index is 2.54. The maximum atomic E-state index is 13.0. The Morgan fingerprint density at radius 3 is 2.23 bits per heavy atom. The highest BCUT2D eigenvalue weighted by Crippen LogP contribution is 2.33. The van der Waals surface area contributed by atoms with Crippen LogP contribution in [0.3, 0.4) is 0 Å². The van der Waals surface area contributed by atoms with Crippen molar-refractivity contribution in [3.05, 3.63) is 65.7 Å². The molecule has 2 aromatic rings. The number of carbonyl (C=O) groups is 3. The van der Waals surface area contributed by atoms with Crippen molar-refractivity contribution in [1.29, 1.82) is 0 Å². The molecule has 0 unspecified atom stereocenters. The number of imide groups is 1. The number of carboxylic acid groups (broad SMARTS) is 1.